The van der Waals surface area contributed by atoms with Crippen molar-refractivity contribution in [2.75, 3.05) is 0 Å². The Labute approximate surface area is 317 Å². The van der Waals surface area contributed by atoms with E-state index >= 15 is 0 Å². The quantitative estimate of drug-likeness (QED) is 0.109. The van der Waals surface area contributed by atoms with Gasteiger partial charge in [0.25, 0.3) is 11.1 Å². The molecule has 51 heavy (non-hydrogen) atoms. The lowest BCUT2D eigenvalue weighted by Crippen LogP contribution is -2.24. The molecule has 0 aliphatic heterocycles. The van der Waals surface area contributed by atoms with Crippen LogP contribution in [0.25, 0.3) is 27.4 Å². The lowest BCUT2D eigenvalue weighted by atomic mass is 9.86. The molecule has 0 atom stereocenters. The summed E-state index contributed by atoms with van der Waals surface area (Å²) < 4.78 is 43.1. The summed E-state index contributed by atoms with van der Waals surface area (Å²) in [6.07, 6.45) is 6.76. The molecule has 6 rings (SSSR count). The van der Waals surface area contributed by atoms with Gasteiger partial charge in [-0.05, 0) is 104 Å². The molecule has 15 heteroatoms. The number of pyridine rings is 2. The normalized spacial score (nSPS) is 11.4. The van der Waals surface area contributed by atoms with Gasteiger partial charge in [0, 0.05) is 30.3 Å². The minimum absolute atomic E-state index is 0.0306. The number of fused-ring (bicyclic) bond motifs is 2. The molecule has 0 saturated carbocycles. The first-order chi connectivity index (χ1) is 23.9. The van der Waals surface area contributed by atoms with Crippen molar-refractivity contribution >= 4 is 79.3 Å². The second-order valence-electron chi connectivity index (χ2n) is 13.2. The van der Waals surface area contributed by atoms with Crippen LogP contribution in [0.4, 0.5) is 13.2 Å². The van der Waals surface area contributed by atoms with Crippen LogP contribution in [0.1, 0.15) is 73.4 Å². The van der Waals surface area contributed by atoms with Gasteiger partial charge < -0.3 is 0 Å². The molecule has 10 nitrogen and oxygen atoms in total. The maximum Gasteiger partial charge on any atom is 0.283 e. The largest absolute Gasteiger partial charge is 0.298 e. The van der Waals surface area contributed by atoms with Crippen LogP contribution in [0.2, 0.25) is 0 Å². The number of benzene rings is 2. The van der Waals surface area contributed by atoms with Gasteiger partial charge in [0.1, 0.15) is 11.6 Å². The number of carbonyl (C=O) groups excluding carboxylic acids is 2. The summed E-state index contributed by atoms with van der Waals surface area (Å²) >= 11 is 3.85. The zero-order chi connectivity index (χ0) is 37.8. The summed E-state index contributed by atoms with van der Waals surface area (Å²) in [6, 6.07) is 9.58. The van der Waals surface area contributed by atoms with E-state index in [-0.39, 0.29) is 38.5 Å². The molecule has 2 aromatic carbocycles. The summed E-state index contributed by atoms with van der Waals surface area (Å²) in [5, 5.41) is 11.0. The minimum atomic E-state index is -0.707. The Morgan fingerprint density at radius 2 is 1.24 bits per heavy atom. The number of H-pyrrole nitrogens is 1. The van der Waals surface area contributed by atoms with Gasteiger partial charge in [-0.2, -0.15) is 19.3 Å². The zero-order valence-electron chi connectivity index (χ0n) is 28.2. The zero-order valence-corrected chi connectivity index (χ0v) is 32.5. The van der Waals surface area contributed by atoms with E-state index in [1.54, 1.807) is 24.3 Å². The van der Waals surface area contributed by atoms with E-state index in [1.165, 1.54) is 36.9 Å². The van der Waals surface area contributed by atoms with Crippen molar-refractivity contribution in [3.05, 3.63) is 129 Å². The molecule has 0 aliphatic rings. The molecule has 6 aromatic rings. The van der Waals surface area contributed by atoms with Crippen LogP contribution >= 0.6 is 45.2 Å². The Bertz CT molecular complexity index is 2380. The van der Waals surface area contributed by atoms with Crippen LogP contribution in [-0.2, 0) is 10.8 Å². The Morgan fingerprint density at radius 3 is 1.75 bits per heavy atom. The third kappa shape index (κ3) is 8.92. The highest BCUT2D eigenvalue weighted by atomic mass is 127. The molecule has 264 valence electrons. The molecule has 4 heterocycles. The topological polar surface area (TPSA) is 141 Å². The van der Waals surface area contributed by atoms with Crippen LogP contribution in [0.3, 0.4) is 0 Å². The lowest BCUT2D eigenvalue weighted by molar-refractivity contribution is 0.111. The van der Waals surface area contributed by atoms with Crippen molar-refractivity contribution in [2.45, 2.75) is 52.4 Å². The van der Waals surface area contributed by atoms with E-state index in [4.69, 9.17) is 0 Å². The molecule has 4 aromatic heterocycles. The molecule has 0 aliphatic carbocycles. The number of aromatic nitrogens is 6. The van der Waals surface area contributed by atoms with Crippen LogP contribution in [0.5, 0.6) is 0 Å². The van der Waals surface area contributed by atoms with E-state index in [0.717, 1.165) is 15.8 Å². The number of aldehydes is 2. The lowest BCUT2D eigenvalue weighted by Gasteiger charge is -2.19. The molecule has 0 unspecified atom stereocenters. The van der Waals surface area contributed by atoms with Gasteiger partial charge in [-0.3, -0.25) is 19.2 Å². The first kappa shape index (κ1) is 39.4. The van der Waals surface area contributed by atoms with Gasteiger partial charge >= 0.3 is 0 Å². The standard InChI is InChI=1S/C18H15FIN3O2.C12H13FN2O.C6H3FINO/c1-18(2,3)11-6-10-8-22-23(17(25)15(10)13(19)7-11)16-12(9-24)14(20)4-5-21-16;1-12(2,3)8-4-7-6-14-15-11(16)10(7)9(13)5-8;7-6-4(3-10)5(8)1-2-9-6/h4-9H,1-3H3;4-6H,1-3H3,(H,15,16);1-3H. The van der Waals surface area contributed by atoms with Gasteiger partial charge in [-0.15, -0.1) is 0 Å². The average molecular weight is 922 g/mol. The van der Waals surface area contributed by atoms with E-state index in [0.29, 0.717) is 30.5 Å². The molecule has 0 amide bonds. The summed E-state index contributed by atoms with van der Waals surface area (Å²) in [6.45, 7) is 11.9. The molecular weight excluding hydrogens is 891 g/mol. The van der Waals surface area contributed by atoms with Crippen molar-refractivity contribution < 1.29 is 22.8 Å². The molecule has 0 radical (unpaired) electrons. The van der Waals surface area contributed by atoms with Crippen molar-refractivity contribution in [2.24, 2.45) is 0 Å². The second kappa shape index (κ2) is 15.9. The first-order valence-corrected chi connectivity index (χ1v) is 17.3. The number of halogens is 5. The van der Waals surface area contributed by atoms with Crippen molar-refractivity contribution in [3.63, 3.8) is 0 Å². The maximum atomic E-state index is 14.7. The highest BCUT2D eigenvalue weighted by molar-refractivity contribution is 14.1. The molecule has 0 bridgehead atoms. The SMILES string of the molecule is CC(C)(C)c1cc(F)c2c(=O)[nH]ncc2c1.CC(C)(C)c1cc(F)c2c(=O)n(-c3nccc(I)c3C=O)ncc2c1.O=Cc1c(I)ccnc1F. The second-order valence-corrected chi connectivity index (χ2v) is 15.5. The molecule has 0 saturated heterocycles. The number of carbonyl (C=O) groups is 2. The number of aromatic amines is 1. The summed E-state index contributed by atoms with van der Waals surface area (Å²) in [7, 11) is 0. The number of nitrogens with zero attached hydrogens (tertiary/aromatic N) is 5. The summed E-state index contributed by atoms with van der Waals surface area (Å²) in [5.41, 5.74) is 0.348. The number of hydrogen-bond acceptors (Lipinski definition) is 8. The van der Waals surface area contributed by atoms with Crippen molar-refractivity contribution in [1.29, 1.82) is 0 Å². The van der Waals surface area contributed by atoms with Crippen LogP contribution < -0.4 is 11.1 Å². The van der Waals surface area contributed by atoms with Gasteiger partial charge in [0.05, 0.1) is 34.3 Å². The van der Waals surface area contributed by atoms with E-state index in [1.807, 2.05) is 86.7 Å². The predicted molar refractivity (Wildman–Crippen MR) is 205 cm³/mol. The monoisotopic (exact) mass is 922 g/mol. The summed E-state index contributed by atoms with van der Waals surface area (Å²) in [4.78, 5) is 53.1. The number of nitrogens with one attached hydrogen (secondary N) is 1. The fraction of sp³-hybridized carbons (Fsp3) is 0.222. The van der Waals surface area contributed by atoms with E-state index < -0.39 is 28.7 Å². The van der Waals surface area contributed by atoms with Gasteiger partial charge in [0.2, 0.25) is 5.95 Å². The minimum Gasteiger partial charge on any atom is -0.298 e. The Balaban J connectivity index is 0.000000191. The molecule has 1 N–H and O–H groups in total. The molecule has 0 spiro atoms. The van der Waals surface area contributed by atoms with Gasteiger partial charge in [-0.25, -0.2) is 23.8 Å². The number of hydrogen-bond donors (Lipinski definition) is 1. The predicted octanol–water partition coefficient (Wildman–Crippen LogP) is 7.63. The van der Waals surface area contributed by atoms with Crippen molar-refractivity contribution in [3.8, 4) is 5.82 Å². The first-order valence-electron chi connectivity index (χ1n) is 15.1. The Kier molecular flexibility index (Phi) is 12.3. The fourth-order valence-corrected chi connectivity index (χ4v) is 5.72. The third-order valence-corrected chi connectivity index (χ3v) is 9.41. The average Bonchev–Trinajstić information content (AvgIpc) is 3.04. The van der Waals surface area contributed by atoms with Crippen LogP contribution in [-0.4, -0.2) is 42.5 Å². The molecular formula is C36H31F3I2N6O4. The van der Waals surface area contributed by atoms with E-state index in [9.17, 15) is 32.3 Å². The Morgan fingerprint density at radius 1 is 0.725 bits per heavy atom. The highest BCUT2D eigenvalue weighted by Crippen LogP contribution is 2.28. The van der Waals surface area contributed by atoms with Gasteiger partial charge in [0.15, 0.2) is 18.4 Å². The van der Waals surface area contributed by atoms with Crippen LogP contribution in [0.15, 0.2) is 70.8 Å². The smallest absolute Gasteiger partial charge is 0.283 e. The highest BCUT2D eigenvalue weighted by Gasteiger charge is 2.21. The van der Waals surface area contributed by atoms with Gasteiger partial charge in [-0.1, -0.05) is 41.5 Å². The third-order valence-electron chi connectivity index (χ3n) is 7.53. The fourth-order valence-electron chi connectivity index (χ4n) is 4.68. The van der Waals surface area contributed by atoms with Crippen LogP contribution in [0, 0.1) is 24.7 Å². The number of rotatable bonds is 3. The maximum absolute atomic E-state index is 14.7. The van der Waals surface area contributed by atoms with E-state index in [2.05, 4.69) is 25.3 Å². The van der Waals surface area contributed by atoms with Crippen molar-refractivity contribution in [1.82, 2.24) is 29.9 Å². The summed E-state index contributed by atoms with van der Waals surface area (Å²) in [5.74, 6) is -1.72. The molecule has 0 fully saturated rings. The Hall–Kier alpha value is -4.39.